The third-order valence-electron chi connectivity index (χ3n) is 2.58. The van der Waals surface area contributed by atoms with Crippen molar-refractivity contribution >= 4 is 21.6 Å². The van der Waals surface area contributed by atoms with Gasteiger partial charge in [0.2, 0.25) is 0 Å². The summed E-state index contributed by atoms with van der Waals surface area (Å²) < 4.78 is 23.1. The van der Waals surface area contributed by atoms with Gasteiger partial charge in [0, 0.05) is 0 Å². The normalized spacial score (nSPS) is 22.3. The highest BCUT2D eigenvalue weighted by atomic mass is 32.2. The summed E-state index contributed by atoms with van der Waals surface area (Å²) >= 11 is 0. The average Bonchev–Trinajstić information content (AvgIpc) is 2.19. The van der Waals surface area contributed by atoms with Crippen molar-refractivity contribution in [3.05, 3.63) is 30.3 Å². The van der Waals surface area contributed by atoms with Crippen molar-refractivity contribution in [3.8, 4) is 0 Å². The third-order valence-corrected chi connectivity index (χ3v) is 4.90. The van der Waals surface area contributed by atoms with Crippen LogP contribution in [-0.4, -0.2) is 19.1 Å². The van der Waals surface area contributed by atoms with E-state index in [1.807, 2.05) is 0 Å². The van der Waals surface area contributed by atoms with Crippen molar-refractivity contribution in [2.24, 2.45) is 0 Å². The van der Waals surface area contributed by atoms with E-state index in [-0.39, 0.29) is 5.91 Å². The van der Waals surface area contributed by atoms with Crippen LogP contribution in [0.5, 0.6) is 0 Å². The molecule has 0 aromatic heterocycles. The largest absolute Gasteiger partial charge is 0.272 e. The maximum atomic E-state index is 11.8. The van der Waals surface area contributed by atoms with Crippen LogP contribution in [-0.2, 0) is 14.8 Å². The topological polar surface area (TPSA) is 54.5 Å². The standard InChI is InChI=1S/C10H11NO3S/c1-10(2)9(12)11(15(10,13)14)8-6-4-3-5-7-8/h3-7H,1-2H3. The molecule has 0 radical (unpaired) electrons. The molecule has 1 fully saturated rings. The molecule has 0 spiro atoms. The molecule has 0 unspecified atom stereocenters. The van der Waals surface area contributed by atoms with Crippen molar-refractivity contribution in [1.82, 2.24) is 0 Å². The van der Waals surface area contributed by atoms with Gasteiger partial charge in [-0.05, 0) is 26.0 Å². The van der Waals surface area contributed by atoms with Gasteiger partial charge < -0.3 is 0 Å². The first kappa shape index (κ1) is 10.2. The number of hydrogen-bond donors (Lipinski definition) is 0. The van der Waals surface area contributed by atoms with Crippen LogP contribution >= 0.6 is 0 Å². The van der Waals surface area contributed by atoms with Gasteiger partial charge in [0.1, 0.15) is 0 Å². The van der Waals surface area contributed by atoms with Gasteiger partial charge in [-0.1, -0.05) is 18.2 Å². The zero-order valence-electron chi connectivity index (χ0n) is 8.47. The monoisotopic (exact) mass is 225 g/mol. The Kier molecular flexibility index (Phi) is 1.91. The number of amides is 1. The van der Waals surface area contributed by atoms with Crippen molar-refractivity contribution in [3.63, 3.8) is 0 Å². The highest BCUT2D eigenvalue weighted by Gasteiger charge is 2.60. The predicted molar refractivity (Wildman–Crippen MR) is 56.9 cm³/mol. The molecule has 4 nitrogen and oxygen atoms in total. The average molecular weight is 225 g/mol. The van der Waals surface area contributed by atoms with Crippen LogP contribution in [0.3, 0.4) is 0 Å². The molecular formula is C10H11NO3S. The van der Waals surface area contributed by atoms with Crippen molar-refractivity contribution < 1.29 is 13.2 Å². The van der Waals surface area contributed by atoms with Crippen LogP contribution in [0.25, 0.3) is 0 Å². The van der Waals surface area contributed by atoms with Gasteiger partial charge in [-0.25, -0.2) is 12.7 Å². The minimum atomic E-state index is -3.52. The number of benzene rings is 1. The minimum absolute atomic E-state index is 0.381. The van der Waals surface area contributed by atoms with Crippen molar-refractivity contribution in [1.29, 1.82) is 0 Å². The fourth-order valence-corrected chi connectivity index (χ4v) is 2.95. The number of hydrogen-bond acceptors (Lipinski definition) is 3. The first-order valence-electron chi connectivity index (χ1n) is 4.53. The summed E-state index contributed by atoms with van der Waals surface area (Å²) in [6.07, 6.45) is 0. The summed E-state index contributed by atoms with van der Waals surface area (Å²) in [5, 5.41) is 0. The Bertz CT molecular complexity index is 505. The lowest BCUT2D eigenvalue weighted by atomic mass is 10.1. The number of carbonyl (C=O) groups excluding carboxylic acids is 1. The number of carbonyl (C=O) groups is 1. The fourth-order valence-electron chi connectivity index (χ4n) is 1.47. The SMILES string of the molecule is CC1(C)C(=O)N(c2ccccc2)S1(=O)=O. The number of rotatable bonds is 1. The van der Waals surface area contributed by atoms with E-state index < -0.39 is 14.8 Å². The van der Waals surface area contributed by atoms with Crippen molar-refractivity contribution in [2.45, 2.75) is 18.6 Å². The first-order valence-corrected chi connectivity index (χ1v) is 5.97. The Balaban J connectivity index is 2.49. The van der Waals surface area contributed by atoms with E-state index in [2.05, 4.69) is 0 Å². The second kappa shape index (κ2) is 2.82. The quantitative estimate of drug-likeness (QED) is 0.720. The van der Waals surface area contributed by atoms with Gasteiger partial charge in [-0.15, -0.1) is 0 Å². The van der Waals surface area contributed by atoms with E-state index in [9.17, 15) is 13.2 Å². The molecule has 1 aliphatic heterocycles. The third kappa shape index (κ3) is 1.13. The highest BCUT2D eigenvalue weighted by molar-refractivity contribution is 7.98. The second-order valence-corrected chi connectivity index (χ2v) is 6.26. The predicted octanol–water partition coefficient (Wildman–Crippen LogP) is 1.14. The van der Waals surface area contributed by atoms with Crippen LogP contribution < -0.4 is 4.31 Å². The smallest absolute Gasteiger partial charge is 0.263 e. The van der Waals surface area contributed by atoms with Gasteiger partial charge in [0.15, 0.2) is 4.75 Å². The molecular weight excluding hydrogens is 214 g/mol. The molecule has 0 atom stereocenters. The molecule has 1 heterocycles. The lowest BCUT2D eigenvalue weighted by Crippen LogP contribution is -2.67. The maximum Gasteiger partial charge on any atom is 0.263 e. The number of sulfonamides is 1. The second-order valence-electron chi connectivity index (χ2n) is 3.92. The number of para-hydroxylation sites is 1. The maximum absolute atomic E-state index is 11.8. The molecule has 1 aromatic rings. The molecule has 80 valence electrons. The Morgan fingerprint density at radius 1 is 1.13 bits per heavy atom. The summed E-state index contributed by atoms with van der Waals surface area (Å²) in [7, 11) is -3.52. The zero-order chi connectivity index (χ0) is 11.3. The molecule has 1 aromatic carbocycles. The summed E-state index contributed by atoms with van der Waals surface area (Å²) in [5.74, 6) is -0.381. The van der Waals surface area contributed by atoms with Gasteiger partial charge in [-0.2, -0.15) is 0 Å². The van der Waals surface area contributed by atoms with Crippen LogP contribution in [0, 0.1) is 0 Å². The van der Waals surface area contributed by atoms with Crippen LogP contribution in [0.2, 0.25) is 0 Å². The fraction of sp³-hybridized carbons (Fsp3) is 0.300. The molecule has 1 aliphatic rings. The molecule has 0 bridgehead atoms. The molecule has 0 aliphatic carbocycles. The Labute approximate surface area is 88.6 Å². The first-order chi connectivity index (χ1) is 6.89. The van der Waals surface area contributed by atoms with Gasteiger partial charge in [-0.3, -0.25) is 4.79 Å². The molecule has 1 amide bonds. The molecule has 0 saturated carbocycles. The number of nitrogens with zero attached hydrogens (tertiary/aromatic N) is 1. The Morgan fingerprint density at radius 2 is 1.67 bits per heavy atom. The minimum Gasteiger partial charge on any atom is -0.272 e. The molecule has 15 heavy (non-hydrogen) atoms. The molecule has 0 N–H and O–H groups in total. The summed E-state index contributed by atoms with van der Waals surface area (Å²) in [4.78, 5) is 11.6. The van der Waals surface area contributed by atoms with E-state index in [1.54, 1.807) is 30.3 Å². The van der Waals surface area contributed by atoms with E-state index in [0.29, 0.717) is 5.69 Å². The van der Waals surface area contributed by atoms with Crippen LogP contribution in [0.4, 0.5) is 5.69 Å². The van der Waals surface area contributed by atoms with Crippen LogP contribution in [0.1, 0.15) is 13.8 Å². The lowest BCUT2D eigenvalue weighted by Gasteiger charge is -2.42. The number of anilines is 1. The van der Waals surface area contributed by atoms with Crippen LogP contribution in [0.15, 0.2) is 30.3 Å². The Morgan fingerprint density at radius 3 is 2.13 bits per heavy atom. The zero-order valence-corrected chi connectivity index (χ0v) is 9.28. The Hall–Kier alpha value is -1.36. The van der Waals surface area contributed by atoms with Crippen molar-refractivity contribution in [2.75, 3.05) is 4.31 Å². The molecule has 5 heteroatoms. The summed E-state index contributed by atoms with van der Waals surface area (Å²) in [5.41, 5.74) is 0.404. The summed E-state index contributed by atoms with van der Waals surface area (Å²) in [6, 6.07) is 8.37. The van der Waals surface area contributed by atoms with Gasteiger partial charge >= 0.3 is 0 Å². The highest BCUT2D eigenvalue weighted by Crippen LogP contribution is 2.38. The molecule has 1 saturated heterocycles. The van der Waals surface area contributed by atoms with E-state index in [0.717, 1.165) is 4.31 Å². The van der Waals surface area contributed by atoms with Gasteiger partial charge in [0.25, 0.3) is 15.9 Å². The van der Waals surface area contributed by atoms with E-state index in [4.69, 9.17) is 0 Å². The summed E-state index contributed by atoms with van der Waals surface area (Å²) in [6.45, 7) is 2.84. The van der Waals surface area contributed by atoms with Gasteiger partial charge in [0.05, 0.1) is 5.69 Å². The van der Waals surface area contributed by atoms with E-state index >= 15 is 0 Å². The molecule has 2 rings (SSSR count). The lowest BCUT2D eigenvalue weighted by molar-refractivity contribution is -0.120. The van der Waals surface area contributed by atoms with E-state index in [1.165, 1.54) is 13.8 Å².